The van der Waals surface area contributed by atoms with Crippen LogP contribution in [0.4, 0.5) is 0 Å². The Balaban J connectivity index is 3.27. The van der Waals surface area contributed by atoms with Crippen molar-refractivity contribution in [1.29, 1.82) is 0 Å². The highest BCUT2D eigenvalue weighted by Crippen LogP contribution is 2.12. The van der Waals surface area contributed by atoms with E-state index < -0.39 is 5.97 Å². The first-order chi connectivity index (χ1) is 10.2. The number of rotatable bonds is 14. The fraction of sp³-hybridized carbons (Fsp3) is 0.722. The number of hydrogen-bond acceptors (Lipinski definition) is 2. The van der Waals surface area contributed by atoms with Crippen molar-refractivity contribution in [2.24, 2.45) is 0 Å². The summed E-state index contributed by atoms with van der Waals surface area (Å²) in [4.78, 5) is 10.2. The molecule has 2 N–H and O–H groups in total. The minimum absolute atomic E-state index is 0.0968. The maximum absolute atomic E-state index is 10.2. The first kappa shape index (κ1) is 19.9. The molecule has 0 amide bonds. The second-order valence-corrected chi connectivity index (χ2v) is 5.62. The Morgan fingerprint density at radius 1 is 0.952 bits per heavy atom. The van der Waals surface area contributed by atoms with Gasteiger partial charge in [-0.25, -0.2) is 4.79 Å². The van der Waals surface area contributed by atoms with E-state index in [-0.39, 0.29) is 6.10 Å². The minimum Gasteiger partial charge on any atom is -0.478 e. The third-order valence-corrected chi connectivity index (χ3v) is 3.54. The number of carboxylic acids is 1. The van der Waals surface area contributed by atoms with Gasteiger partial charge in [0.25, 0.3) is 0 Å². The van der Waals surface area contributed by atoms with Crippen LogP contribution in [-0.4, -0.2) is 22.3 Å². The van der Waals surface area contributed by atoms with E-state index in [1.54, 1.807) is 12.2 Å². The largest absolute Gasteiger partial charge is 0.478 e. The smallest absolute Gasteiger partial charge is 0.328 e. The summed E-state index contributed by atoms with van der Waals surface area (Å²) in [5.41, 5.74) is 0. The first-order valence-corrected chi connectivity index (χ1v) is 8.41. The van der Waals surface area contributed by atoms with E-state index in [0.29, 0.717) is 0 Å². The second-order valence-electron chi connectivity index (χ2n) is 5.62. The molecule has 0 radical (unpaired) electrons. The topological polar surface area (TPSA) is 57.5 Å². The Bertz CT molecular complexity index is 295. The summed E-state index contributed by atoms with van der Waals surface area (Å²) in [6.07, 6.45) is 18.8. The number of aliphatic hydroxyl groups is 1. The number of carbonyl (C=O) groups is 1. The van der Waals surface area contributed by atoms with Crippen LogP contribution in [0.5, 0.6) is 0 Å². The highest BCUT2D eigenvalue weighted by Gasteiger charge is 2.02. The number of aliphatic hydroxyl groups excluding tert-OH is 1. The maximum atomic E-state index is 10.2. The van der Waals surface area contributed by atoms with E-state index in [9.17, 15) is 9.90 Å². The van der Waals surface area contributed by atoms with Gasteiger partial charge in [-0.3, -0.25) is 0 Å². The van der Waals surface area contributed by atoms with Gasteiger partial charge in [-0.1, -0.05) is 70.1 Å². The van der Waals surface area contributed by atoms with Gasteiger partial charge in [0, 0.05) is 6.08 Å². The monoisotopic (exact) mass is 296 g/mol. The van der Waals surface area contributed by atoms with Gasteiger partial charge in [-0.2, -0.15) is 0 Å². The lowest BCUT2D eigenvalue weighted by Gasteiger charge is -2.09. The first-order valence-electron chi connectivity index (χ1n) is 8.41. The number of unbranched alkanes of at least 4 members (excludes halogenated alkanes) is 7. The zero-order valence-corrected chi connectivity index (χ0v) is 13.5. The molecule has 0 fully saturated rings. The SMILES string of the molecule is CCCCCC(O)CCCCCCCC=C/C=C\C(=O)O. The molecular weight excluding hydrogens is 264 g/mol. The van der Waals surface area contributed by atoms with Crippen LogP contribution < -0.4 is 0 Å². The van der Waals surface area contributed by atoms with Crippen molar-refractivity contribution in [3.63, 3.8) is 0 Å². The van der Waals surface area contributed by atoms with E-state index in [1.165, 1.54) is 32.1 Å². The van der Waals surface area contributed by atoms with Crippen LogP contribution in [0.3, 0.4) is 0 Å². The van der Waals surface area contributed by atoms with Crippen LogP contribution in [0.15, 0.2) is 24.3 Å². The van der Waals surface area contributed by atoms with Crippen LogP contribution in [0, 0.1) is 0 Å². The summed E-state index contributed by atoms with van der Waals surface area (Å²) in [5.74, 6) is -0.906. The van der Waals surface area contributed by atoms with Crippen molar-refractivity contribution in [2.45, 2.75) is 83.7 Å². The number of carboxylic acid groups (broad SMARTS) is 1. The molecule has 1 atom stereocenters. The predicted molar refractivity (Wildman–Crippen MR) is 88.4 cm³/mol. The number of aliphatic carboxylic acids is 1. The highest BCUT2D eigenvalue weighted by molar-refractivity contribution is 5.80. The van der Waals surface area contributed by atoms with Crippen molar-refractivity contribution in [1.82, 2.24) is 0 Å². The van der Waals surface area contributed by atoms with Gasteiger partial charge < -0.3 is 10.2 Å². The van der Waals surface area contributed by atoms with Crippen molar-refractivity contribution in [3.8, 4) is 0 Å². The van der Waals surface area contributed by atoms with Gasteiger partial charge in [-0.15, -0.1) is 0 Å². The predicted octanol–water partition coefficient (Wildman–Crippen LogP) is 4.86. The molecular formula is C18H32O3. The number of allylic oxidation sites excluding steroid dienone is 3. The molecule has 3 heteroatoms. The zero-order valence-electron chi connectivity index (χ0n) is 13.5. The molecule has 0 rings (SSSR count). The average molecular weight is 296 g/mol. The second kappa shape index (κ2) is 15.3. The van der Waals surface area contributed by atoms with Gasteiger partial charge in [0.2, 0.25) is 0 Å². The molecule has 0 heterocycles. The molecule has 0 bridgehead atoms. The molecule has 0 saturated carbocycles. The molecule has 21 heavy (non-hydrogen) atoms. The van der Waals surface area contributed by atoms with Crippen LogP contribution >= 0.6 is 0 Å². The summed E-state index contributed by atoms with van der Waals surface area (Å²) in [7, 11) is 0. The highest BCUT2D eigenvalue weighted by atomic mass is 16.4. The molecule has 3 nitrogen and oxygen atoms in total. The lowest BCUT2D eigenvalue weighted by molar-refractivity contribution is -0.131. The van der Waals surface area contributed by atoms with Crippen molar-refractivity contribution >= 4 is 5.97 Å². The molecule has 1 unspecified atom stereocenters. The molecule has 0 aromatic heterocycles. The standard InChI is InChI=1S/C18H32O3/c1-2-3-11-14-17(19)15-12-9-7-5-4-6-8-10-13-16-18(20)21/h8,10,13,16-17,19H,2-7,9,11-12,14-15H2,1H3,(H,20,21)/b10-8?,16-13-. The normalized spacial score (nSPS) is 13.2. The van der Waals surface area contributed by atoms with Gasteiger partial charge in [0.1, 0.15) is 0 Å². The van der Waals surface area contributed by atoms with Gasteiger partial charge in [0.05, 0.1) is 6.10 Å². The Morgan fingerprint density at radius 3 is 2.24 bits per heavy atom. The summed E-state index contributed by atoms with van der Waals surface area (Å²) in [6.45, 7) is 2.18. The molecule has 0 spiro atoms. The summed E-state index contributed by atoms with van der Waals surface area (Å²) in [5, 5.41) is 18.2. The summed E-state index contributed by atoms with van der Waals surface area (Å²) in [6, 6.07) is 0. The van der Waals surface area contributed by atoms with Crippen LogP contribution in [0.1, 0.15) is 77.6 Å². The molecule has 0 aromatic carbocycles. The average Bonchev–Trinajstić information content (AvgIpc) is 2.44. The summed E-state index contributed by atoms with van der Waals surface area (Å²) < 4.78 is 0. The van der Waals surface area contributed by atoms with E-state index in [0.717, 1.165) is 44.6 Å². The molecule has 0 aliphatic carbocycles. The van der Waals surface area contributed by atoms with Gasteiger partial charge in [0.15, 0.2) is 0 Å². The lowest BCUT2D eigenvalue weighted by Crippen LogP contribution is -2.05. The number of hydrogen-bond donors (Lipinski definition) is 2. The quantitative estimate of drug-likeness (QED) is 0.273. The fourth-order valence-electron chi connectivity index (χ4n) is 2.26. The molecule has 0 saturated heterocycles. The van der Waals surface area contributed by atoms with Crippen molar-refractivity contribution in [2.75, 3.05) is 0 Å². The Labute approximate surface area is 129 Å². The molecule has 0 aromatic rings. The van der Waals surface area contributed by atoms with Crippen LogP contribution in [0.2, 0.25) is 0 Å². The Hall–Kier alpha value is -1.09. The third-order valence-electron chi connectivity index (χ3n) is 3.54. The van der Waals surface area contributed by atoms with Gasteiger partial charge >= 0.3 is 5.97 Å². The molecule has 0 aliphatic heterocycles. The molecule has 0 aliphatic rings. The van der Waals surface area contributed by atoms with E-state index in [1.807, 2.05) is 6.08 Å². The van der Waals surface area contributed by atoms with Gasteiger partial charge in [-0.05, 0) is 25.7 Å². The van der Waals surface area contributed by atoms with E-state index in [2.05, 4.69) is 6.92 Å². The van der Waals surface area contributed by atoms with Crippen LogP contribution in [-0.2, 0) is 4.79 Å². The third kappa shape index (κ3) is 16.9. The zero-order chi connectivity index (χ0) is 15.8. The fourth-order valence-corrected chi connectivity index (χ4v) is 2.26. The summed E-state index contributed by atoms with van der Waals surface area (Å²) >= 11 is 0. The van der Waals surface area contributed by atoms with E-state index >= 15 is 0 Å². The Morgan fingerprint density at radius 2 is 1.57 bits per heavy atom. The molecule has 122 valence electrons. The maximum Gasteiger partial charge on any atom is 0.328 e. The minimum atomic E-state index is -0.906. The Kier molecular flexibility index (Phi) is 14.5. The van der Waals surface area contributed by atoms with Crippen molar-refractivity contribution in [3.05, 3.63) is 24.3 Å². The van der Waals surface area contributed by atoms with Crippen molar-refractivity contribution < 1.29 is 15.0 Å². The lowest BCUT2D eigenvalue weighted by atomic mass is 10.0. The van der Waals surface area contributed by atoms with E-state index in [4.69, 9.17) is 5.11 Å². The van der Waals surface area contributed by atoms with Crippen LogP contribution in [0.25, 0.3) is 0 Å².